The highest BCUT2D eigenvalue weighted by Crippen LogP contribution is 2.15. The molecular weight excluding hydrogens is 331 g/mol. The SMILES string of the molecule is CCC(CNC(=O)c1cc(N)ccc1C)Oc1cccc(F)c1.Cl. The van der Waals surface area contributed by atoms with Gasteiger partial charge in [0.25, 0.3) is 5.91 Å². The number of nitrogens with one attached hydrogen (secondary N) is 1. The Morgan fingerprint density at radius 3 is 2.71 bits per heavy atom. The zero-order valence-electron chi connectivity index (χ0n) is 13.7. The van der Waals surface area contributed by atoms with Crippen LogP contribution in [0.15, 0.2) is 42.5 Å². The third-order valence-electron chi connectivity index (χ3n) is 3.55. The number of aryl methyl sites for hydroxylation is 1. The fraction of sp³-hybridized carbons (Fsp3) is 0.278. The predicted octanol–water partition coefficient (Wildman–Crippen LogP) is 3.73. The van der Waals surface area contributed by atoms with E-state index in [0.29, 0.717) is 30.0 Å². The van der Waals surface area contributed by atoms with Crippen LogP contribution in [0.3, 0.4) is 0 Å². The fourth-order valence-corrected chi connectivity index (χ4v) is 2.19. The van der Waals surface area contributed by atoms with Crippen LogP contribution in [0.1, 0.15) is 29.3 Å². The summed E-state index contributed by atoms with van der Waals surface area (Å²) in [5, 5.41) is 2.84. The minimum absolute atomic E-state index is 0. The second-order valence-electron chi connectivity index (χ2n) is 5.39. The molecule has 0 spiro atoms. The summed E-state index contributed by atoms with van der Waals surface area (Å²) in [5.74, 6) is -0.0981. The molecule has 1 atom stereocenters. The molecule has 2 aromatic rings. The zero-order valence-corrected chi connectivity index (χ0v) is 14.5. The zero-order chi connectivity index (χ0) is 16.8. The van der Waals surface area contributed by atoms with Crippen molar-refractivity contribution in [1.82, 2.24) is 5.32 Å². The second kappa shape index (κ2) is 9.13. The molecule has 2 rings (SSSR count). The van der Waals surface area contributed by atoms with Crippen LogP contribution in [-0.4, -0.2) is 18.6 Å². The summed E-state index contributed by atoms with van der Waals surface area (Å²) >= 11 is 0. The summed E-state index contributed by atoms with van der Waals surface area (Å²) in [6.07, 6.45) is 0.453. The fourth-order valence-electron chi connectivity index (χ4n) is 2.19. The second-order valence-corrected chi connectivity index (χ2v) is 5.39. The van der Waals surface area contributed by atoms with Crippen LogP contribution >= 0.6 is 12.4 Å². The minimum Gasteiger partial charge on any atom is -0.489 e. The average Bonchev–Trinajstić information content (AvgIpc) is 2.53. The van der Waals surface area contributed by atoms with E-state index in [1.54, 1.807) is 24.3 Å². The summed E-state index contributed by atoms with van der Waals surface area (Å²) in [4.78, 5) is 12.3. The van der Waals surface area contributed by atoms with Gasteiger partial charge in [-0.2, -0.15) is 0 Å². The van der Waals surface area contributed by atoms with Crippen molar-refractivity contribution in [2.75, 3.05) is 12.3 Å². The van der Waals surface area contributed by atoms with Gasteiger partial charge in [0.1, 0.15) is 17.7 Å². The van der Waals surface area contributed by atoms with E-state index in [4.69, 9.17) is 10.5 Å². The van der Waals surface area contributed by atoms with E-state index < -0.39 is 0 Å². The number of carbonyl (C=O) groups is 1. The van der Waals surface area contributed by atoms with Gasteiger partial charge in [-0.05, 0) is 43.2 Å². The lowest BCUT2D eigenvalue weighted by molar-refractivity contribution is 0.0925. The van der Waals surface area contributed by atoms with Gasteiger partial charge in [-0.1, -0.05) is 19.1 Å². The molecule has 0 fully saturated rings. The number of anilines is 1. The molecule has 130 valence electrons. The van der Waals surface area contributed by atoms with Gasteiger partial charge in [0.15, 0.2) is 0 Å². The number of hydrogen-bond donors (Lipinski definition) is 2. The highest BCUT2D eigenvalue weighted by Gasteiger charge is 2.13. The van der Waals surface area contributed by atoms with Gasteiger partial charge in [-0.3, -0.25) is 4.79 Å². The summed E-state index contributed by atoms with van der Waals surface area (Å²) < 4.78 is 18.9. The van der Waals surface area contributed by atoms with E-state index in [0.717, 1.165) is 5.56 Å². The van der Waals surface area contributed by atoms with Crippen molar-refractivity contribution in [3.8, 4) is 5.75 Å². The molecule has 0 saturated heterocycles. The highest BCUT2D eigenvalue weighted by atomic mass is 35.5. The molecule has 0 saturated carbocycles. The number of nitrogen functional groups attached to an aromatic ring is 1. The average molecular weight is 353 g/mol. The molecule has 0 aliphatic carbocycles. The molecule has 0 aliphatic rings. The maximum atomic E-state index is 13.2. The molecule has 1 amide bonds. The lowest BCUT2D eigenvalue weighted by Crippen LogP contribution is -2.35. The van der Waals surface area contributed by atoms with Crippen LogP contribution < -0.4 is 15.8 Å². The predicted molar refractivity (Wildman–Crippen MR) is 96.3 cm³/mol. The first kappa shape index (κ1) is 19.8. The van der Waals surface area contributed by atoms with Crippen molar-refractivity contribution in [3.05, 3.63) is 59.4 Å². The smallest absolute Gasteiger partial charge is 0.251 e. The number of ether oxygens (including phenoxy) is 1. The number of nitrogens with two attached hydrogens (primary N) is 1. The van der Waals surface area contributed by atoms with Gasteiger partial charge >= 0.3 is 0 Å². The van der Waals surface area contributed by atoms with Crippen LogP contribution in [0.4, 0.5) is 10.1 Å². The lowest BCUT2D eigenvalue weighted by atomic mass is 10.1. The molecular formula is C18H22ClFN2O2. The van der Waals surface area contributed by atoms with Gasteiger partial charge in [-0.25, -0.2) is 4.39 Å². The largest absolute Gasteiger partial charge is 0.489 e. The lowest BCUT2D eigenvalue weighted by Gasteiger charge is -2.18. The third kappa shape index (κ3) is 5.42. The van der Waals surface area contributed by atoms with Gasteiger partial charge in [0, 0.05) is 17.3 Å². The summed E-state index contributed by atoms with van der Waals surface area (Å²) in [6, 6.07) is 11.2. The molecule has 4 nitrogen and oxygen atoms in total. The Bertz CT molecular complexity index is 694. The Morgan fingerprint density at radius 1 is 1.29 bits per heavy atom. The Labute approximate surface area is 147 Å². The van der Waals surface area contributed by atoms with Crippen LogP contribution in [-0.2, 0) is 0 Å². The number of rotatable bonds is 6. The molecule has 6 heteroatoms. The van der Waals surface area contributed by atoms with E-state index in [-0.39, 0.29) is 30.2 Å². The Morgan fingerprint density at radius 2 is 2.04 bits per heavy atom. The number of benzene rings is 2. The molecule has 0 aliphatic heterocycles. The summed E-state index contributed by atoms with van der Waals surface area (Å²) in [7, 11) is 0. The molecule has 1 unspecified atom stereocenters. The van der Waals surface area contributed by atoms with Crippen molar-refractivity contribution >= 4 is 24.0 Å². The van der Waals surface area contributed by atoms with Gasteiger partial charge < -0.3 is 15.8 Å². The molecule has 0 radical (unpaired) electrons. The number of carbonyl (C=O) groups excluding carboxylic acids is 1. The van der Waals surface area contributed by atoms with E-state index in [2.05, 4.69) is 5.32 Å². The Balaban J connectivity index is 0.00000288. The molecule has 0 bridgehead atoms. The minimum atomic E-state index is -0.350. The molecule has 2 aromatic carbocycles. The van der Waals surface area contributed by atoms with Gasteiger partial charge in [0.2, 0.25) is 0 Å². The van der Waals surface area contributed by atoms with Gasteiger partial charge in [-0.15, -0.1) is 12.4 Å². The van der Waals surface area contributed by atoms with Crippen molar-refractivity contribution in [2.24, 2.45) is 0 Å². The number of amides is 1. The maximum absolute atomic E-state index is 13.2. The number of hydrogen-bond acceptors (Lipinski definition) is 3. The van der Waals surface area contributed by atoms with E-state index in [9.17, 15) is 9.18 Å². The summed E-state index contributed by atoms with van der Waals surface area (Å²) in [5.41, 5.74) is 7.67. The van der Waals surface area contributed by atoms with E-state index in [1.165, 1.54) is 12.1 Å². The summed E-state index contributed by atoms with van der Waals surface area (Å²) in [6.45, 7) is 4.14. The molecule has 0 aromatic heterocycles. The topological polar surface area (TPSA) is 64.4 Å². The van der Waals surface area contributed by atoms with Crippen LogP contribution in [0.25, 0.3) is 0 Å². The normalized spacial score (nSPS) is 11.3. The van der Waals surface area contributed by atoms with Crippen LogP contribution in [0.5, 0.6) is 5.75 Å². The molecule has 3 N–H and O–H groups in total. The quantitative estimate of drug-likeness (QED) is 0.779. The van der Waals surface area contributed by atoms with E-state index >= 15 is 0 Å². The van der Waals surface area contributed by atoms with Crippen molar-refractivity contribution in [3.63, 3.8) is 0 Å². The number of halogens is 2. The van der Waals surface area contributed by atoms with Crippen molar-refractivity contribution in [2.45, 2.75) is 26.4 Å². The Kier molecular flexibility index (Phi) is 7.52. The van der Waals surface area contributed by atoms with Gasteiger partial charge in [0.05, 0.1) is 6.54 Å². The first-order valence-corrected chi connectivity index (χ1v) is 7.56. The third-order valence-corrected chi connectivity index (χ3v) is 3.55. The first-order chi connectivity index (χ1) is 11.0. The van der Waals surface area contributed by atoms with Crippen LogP contribution in [0.2, 0.25) is 0 Å². The molecule has 0 heterocycles. The van der Waals surface area contributed by atoms with Crippen molar-refractivity contribution < 1.29 is 13.9 Å². The maximum Gasteiger partial charge on any atom is 0.251 e. The van der Waals surface area contributed by atoms with E-state index in [1.807, 2.05) is 19.9 Å². The highest BCUT2D eigenvalue weighted by molar-refractivity contribution is 5.96. The Hall–Kier alpha value is -2.27. The monoisotopic (exact) mass is 352 g/mol. The standard InChI is InChI=1S/C18H21FN2O2.ClH/c1-3-15(23-16-6-4-5-13(19)9-16)11-21-18(22)17-10-14(20)8-7-12(17)2;/h4-10,15H,3,11,20H2,1-2H3,(H,21,22);1H. The first-order valence-electron chi connectivity index (χ1n) is 7.56. The molecule has 24 heavy (non-hydrogen) atoms. The van der Waals surface area contributed by atoms with Crippen molar-refractivity contribution in [1.29, 1.82) is 0 Å². The van der Waals surface area contributed by atoms with Crippen LogP contribution in [0, 0.1) is 12.7 Å².